The Kier molecular flexibility index (Phi) is 6.08. The molecule has 1 saturated carbocycles. The van der Waals surface area contributed by atoms with Crippen molar-refractivity contribution in [1.82, 2.24) is 0 Å². The van der Waals surface area contributed by atoms with Crippen LogP contribution in [0.1, 0.15) is 63.5 Å². The van der Waals surface area contributed by atoms with Crippen molar-refractivity contribution in [1.29, 1.82) is 0 Å². The van der Waals surface area contributed by atoms with E-state index in [0.717, 1.165) is 11.8 Å². The summed E-state index contributed by atoms with van der Waals surface area (Å²) >= 11 is 3.49. The molecule has 0 aromatic heterocycles. The predicted octanol–water partition coefficient (Wildman–Crippen LogP) is 5.24. The molecule has 0 heterocycles. The highest BCUT2D eigenvalue weighted by Gasteiger charge is 2.40. The Morgan fingerprint density at radius 2 is 1.86 bits per heavy atom. The van der Waals surface area contributed by atoms with Gasteiger partial charge in [0.25, 0.3) is 0 Å². The summed E-state index contributed by atoms with van der Waals surface area (Å²) in [6, 6.07) is 8.88. The van der Waals surface area contributed by atoms with E-state index in [0.29, 0.717) is 5.92 Å². The van der Waals surface area contributed by atoms with Crippen molar-refractivity contribution in [3.05, 3.63) is 35.4 Å². The molecule has 0 radical (unpaired) electrons. The summed E-state index contributed by atoms with van der Waals surface area (Å²) in [7, 11) is 0. The quantitative estimate of drug-likeness (QED) is 0.508. The van der Waals surface area contributed by atoms with Gasteiger partial charge in [0.1, 0.15) is 5.60 Å². The number of ether oxygens (including phenoxy) is 1. The molecule has 0 N–H and O–H groups in total. The number of aryl methyl sites for hydroxylation is 1. The minimum absolute atomic E-state index is 0.191. The fraction of sp³-hybridized carbons (Fsp3) is 0.632. The van der Waals surface area contributed by atoms with Gasteiger partial charge >= 0.3 is 5.97 Å². The van der Waals surface area contributed by atoms with Crippen molar-refractivity contribution >= 4 is 21.9 Å². The molecule has 1 aliphatic rings. The summed E-state index contributed by atoms with van der Waals surface area (Å²) in [6.45, 7) is 5.63. The lowest BCUT2D eigenvalue weighted by molar-refractivity contribution is -0.157. The third kappa shape index (κ3) is 4.34. The van der Waals surface area contributed by atoms with Crippen molar-refractivity contribution in [3.63, 3.8) is 0 Å². The third-order valence-corrected chi connectivity index (χ3v) is 5.15. The van der Waals surface area contributed by atoms with Crippen LogP contribution in [0.5, 0.6) is 0 Å². The largest absolute Gasteiger partial charge is 0.459 e. The molecule has 0 saturated heterocycles. The molecule has 3 heteroatoms. The molecule has 0 bridgehead atoms. The van der Waals surface area contributed by atoms with Gasteiger partial charge in [-0.1, -0.05) is 53.0 Å². The zero-order chi connectivity index (χ0) is 16.2. The van der Waals surface area contributed by atoms with E-state index in [-0.39, 0.29) is 11.9 Å². The molecule has 2 nitrogen and oxygen atoms in total. The van der Waals surface area contributed by atoms with Crippen molar-refractivity contribution in [2.45, 2.75) is 64.4 Å². The number of alkyl halides is 1. The van der Waals surface area contributed by atoms with Gasteiger partial charge in [0, 0.05) is 18.2 Å². The predicted molar refractivity (Wildman–Crippen MR) is 94.5 cm³/mol. The molecule has 1 fully saturated rings. The standard InChI is InChI=1S/C19H27BrO2/c1-14(21)22-19(2,3)18(16-6-4-5-7-16)17-10-8-15(9-11-17)12-13-20/h8-11,16,18H,4-7,12-13H2,1-3H3. The van der Waals surface area contributed by atoms with E-state index in [4.69, 9.17) is 4.74 Å². The smallest absolute Gasteiger partial charge is 0.303 e. The number of benzene rings is 1. The topological polar surface area (TPSA) is 26.3 Å². The minimum Gasteiger partial charge on any atom is -0.459 e. The SMILES string of the molecule is CC(=O)OC(C)(C)C(c1ccc(CCBr)cc1)C1CCCC1. The second-order valence-corrected chi connectivity index (χ2v) is 7.69. The normalized spacial score (nSPS) is 17.5. The van der Waals surface area contributed by atoms with Crippen LogP contribution >= 0.6 is 15.9 Å². The summed E-state index contributed by atoms with van der Waals surface area (Å²) in [5.41, 5.74) is 2.19. The highest BCUT2D eigenvalue weighted by molar-refractivity contribution is 9.09. The number of hydrogen-bond donors (Lipinski definition) is 0. The maximum absolute atomic E-state index is 11.5. The average molecular weight is 367 g/mol. The fourth-order valence-corrected chi connectivity index (χ4v) is 4.42. The van der Waals surface area contributed by atoms with Crippen LogP contribution in [0, 0.1) is 5.92 Å². The molecule has 1 aromatic carbocycles. The number of halogens is 1. The van der Waals surface area contributed by atoms with Gasteiger partial charge in [-0.15, -0.1) is 0 Å². The second-order valence-electron chi connectivity index (χ2n) is 6.90. The summed E-state index contributed by atoms with van der Waals surface area (Å²) in [4.78, 5) is 11.5. The Balaban J connectivity index is 2.28. The molecule has 0 aliphatic heterocycles. The van der Waals surface area contributed by atoms with E-state index in [9.17, 15) is 4.79 Å². The Morgan fingerprint density at radius 3 is 2.36 bits per heavy atom. The van der Waals surface area contributed by atoms with Gasteiger partial charge in [-0.25, -0.2) is 0 Å². The van der Waals surface area contributed by atoms with Crippen LogP contribution in [-0.4, -0.2) is 16.9 Å². The van der Waals surface area contributed by atoms with Crippen LogP contribution in [0.4, 0.5) is 0 Å². The number of hydrogen-bond acceptors (Lipinski definition) is 2. The monoisotopic (exact) mass is 366 g/mol. The first-order chi connectivity index (χ1) is 10.4. The summed E-state index contributed by atoms with van der Waals surface area (Å²) in [6.07, 6.45) is 6.09. The highest BCUT2D eigenvalue weighted by atomic mass is 79.9. The lowest BCUT2D eigenvalue weighted by Crippen LogP contribution is -2.38. The molecule has 1 aromatic rings. The minimum atomic E-state index is -0.461. The first kappa shape index (κ1) is 17.5. The van der Waals surface area contributed by atoms with Crippen molar-refractivity contribution in [2.24, 2.45) is 5.92 Å². The van der Waals surface area contributed by atoms with Gasteiger partial charge in [-0.2, -0.15) is 0 Å². The molecule has 1 aliphatic carbocycles. The maximum atomic E-state index is 11.5. The molecular weight excluding hydrogens is 340 g/mol. The first-order valence-electron chi connectivity index (χ1n) is 8.28. The lowest BCUT2D eigenvalue weighted by atomic mass is 9.74. The van der Waals surface area contributed by atoms with Crippen molar-refractivity contribution < 1.29 is 9.53 Å². The van der Waals surface area contributed by atoms with E-state index < -0.39 is 5.60 Å². The Morgan fingerprint density at radius 1 is 1.27 bits per heavy atom. The third-order valence-electron chi connectivity index (χ3n) is 4.75. The van der Waals surface area contributed by atoms with Gasteiger partial charge in [-0.3, -0.25) is 4.79 Å². The molecule has 1 unspecified atom stereocenters. The maximum Gasteiger partial charge on any atom is 0.303 e. The molecule has 0 spiro atoms. The summed E-state index contributed by atoms with van der Waals surface area (Å²) in [5.74, 6) is 0.692. The van der Waals surface area contributed by atoms with Crippen LogP contribution in [0.3, 0.4) is 0 Å². The van der Waals surface area contributed by atoms with Crippen molar-refractivity contribution in [2.75, 3.05) is 5.33 Å². The van der Waals surface area contributed by atoms with E-state index in [1.165, 1.54) is 43.7 Å². The molecule has 22 heavy (non-hydrogen) atoms. The van der Waals surface area contributed by atoms with Gasteiger partial charge < -0.3 is 4.74 Å². The Labute approximate surface area is 142 Å². The van der Waals surface area contributed by atoms with Crippen LogP contribution in [0.15, 0.2) is 24.3 Å². The average Bonchev–Trinajstić information content (AvgIpc) is 2.93. The zero-order valence-corrected chi connectivity index (χ0v) is 15.5. The Hall–Kier alpha value is -0.830. The first-order valence-corrected chi connectivity index (χ1v) is 9.40. The van der Waals surface area contributed by atoms with Gasteiger partial charge in [-0.05, 0) is 50.2 Å². The molecule has 2 rings (SSSR count). The van der Waals surface area contributed by atoms with E-state index in [1.54, 1.807) is 0 Å². The van der Waals surface area contributed by atoms with Gasteiger partial charge in [0.05, 0.1) is 0 Å². The van der Waals surface area contributed by atoms with Crippen LogP contribution in [0.2, 0.25) is 0 Å². The van der Waals surface area contributed by atoms with E-state index in [1.807, 2.05) is 0 Å². The highest BCUT2D eigenvalue weighted by Crippen LogP contribution is 2.45. The van der Waals surface area contributed by atoms with Gasteiger partial charge in [0.2, 0.25) is 0 Å². The number of esters is 1. The van der Waals surface area contributed by atoms with Crippen LogP contribution < -0.4 is 0 Å². The van der Waals surface area contributed by atoms with Crippen LogP contribution in [-0.2, 0) is 16.0 Å². The van der Waals surface area contributed by atoms with Crippen molar-refractivity contribution in [3.8, 4) is 0 Å². The molecule has 0 amide bonds. The summed E-state index contributed by atoms with van der Waals surface area (Å²) < 4.78 is 5.70. The summed E-state index contributed by atoms with van der Waals surface area (Å²) in [5, 5.41) is 0.983. The fourth-order valence-electron chi connectivity index (χ4n) is 3.97. The zero-order valence-electron chi connectivity index (χ0n) is 13.9. The molecular formula is C19H27BrO2. The molecule has 1 atom stereocenters. The van der Waals surface area contributed by atoms with E-state index in [2.05, 4.69) is 54.0 Å². The Bertz CT molecular complexity index is 487. The number of carbonyl (C=O) groups excluding carboxylic acids is 1. The van der Waals surface area contributed by atoms with Gasteiger partial charge in [0.15, 0.2) is 0 Å². The number of rotatable bonds is 6. The lowest BCUT2D eigenvalue weighted by Gasteiger charge is -2.38. The van der Waals surface area contributed by atoms with Crippen LogP contribution in [0.25, 0.3) is 0 Å². The molecule has 122 valence electrons. The van der Waals surface area contributed by atoms with E-state index >= 15 is 0 Å². The number of carbonyl (C=O) groups is 1. The second kappa shape index (κ2) is 7.63.